The van der Waals surface area contributed by atoms with Crippen molar-refractivity contribution in [2.45, 2.75) is 27.7 Å². The molecule has 3 heterocycles. The molecule has 0 radical (unpaired) electrons. The lowest BCUT2D eigenvalue weighted by Crippen LogP contribution is -2.30. The molecule has 9 heteroatoms. The standard InChI is InChI=1S/C25H27N5O3S/c1-6-29(7-2)25(32)22-16(4)21-23(31)27-20(28-24(21)34-22)11-9-17-8-10-18(19(12-17)33-5)30-13-15(3)26-14-30/h8-14H,6-7H2,1-5H3,(H,27,28,31). The summed E-state index contributed by atoms with van der Waals surface area (Å²) in [7, 11) is 1.62. The number of aromatic nitrogens is 4. The maximum atomic E-state index is 12.9. The van der Waals surface area contributed by atoms with Gasteiger partial charge in [-0.05, 0) is 57.0 Å². The first kappa shape index (κ1) is 23.4. The predicted molar refractivity (Wildman–Crippen MR) is 136 cm³/mol. The number of thiophene rings is 1. The highest BCUT2D eigenvalue weighted by molar-refractivity contribution is 7.20. The van der Waals surface area contributed by atoms with Gasteiger partial charge in [-0.25, -0.2) is 9.97 Å². The van der Waals surface area contributed by atoms with E-state index in [0.29, 0.717) is 45.3 Å². The Bertz CT molecular complexity index is 1440. The molecule has 4 aromatic rings. The van der Waals surface area contributed by atoms with Crippen LogP contribution in [-0.4, -0.2) is 50.5 Å². The van der Waals surface area contributed by atoms with Gasteiger partial charge in [0.1, 0.15) is 16.4 Å². The summed E-state index contributed by atoms with van der Waals surface area (Å²) in [5.41, 5.74) is 3.12. The number of fused-ring (bicyclic) bond motifs is 1. The van der Waals surface area contributed by atoms with E-state index in [0.717, 1.165) is 16.9 Å². The lowest BCUT2D eigenvalue weighted by Gasteiger charge is -2.17. The quantitative estimate of drug-likeness (QED) is 0.425. The zero-order valence-electron chi connectivity index (χ0n) is 19.9. The number of nitrogens with zero attached hydrogens (tertiary/aromatic N) is 4. The van der Waals surface area contributed by atoms with Crippen LogP contribution in [0.4, 0.5) is 0 Å². The van der Waals surface area contributed by atoms with Crippen LogP contribution in [0.25, 0.3) is 28.1 Å². The molecule has 3 aromatic heterocycles. The first-order valence-corrected chi connectivity index (χ1v) is 11.9. The van der Waals surface area contributed by atoms with Crippen LogP contribution in [0.5, 0.6) is 5.75 Å². The minimum atomic E-state index is -0.250. The first-order chi connectivity index (χ1) is 16.4. The van der Waals surface area contributed by atoms with Crippen LogP contribution in [-0.2, 0) is 0 Å². The van der Waals surface area contributed by atoms with E-state index in [9.17, 15) is 9.59 Å². The molecule has 0 spiro atoms. The minimum Gasteiger partial charge on any atom is -0.495 e. The molecule has 0 saturated carbocycles. The van der Waals surface area contributed by atoms with Crippen LogP contribution in [0.3, 0.4) is 0 Å². The van der Waals surface area contributed by atoms with Gasteiger partial charge < -0.3 is 19.2 Å². The van der Waals surface area contributed by atoms with Crippen molar-refractivity contribution in [1.82, 2.24) is 24.4 Å². The number of carbonyl (C=O) groups excluding carboxylic acids is 1. The fraction of sp³-hybridized carbons (Fsp3) is 0.280. The Hall–Kier alpha value is -3.72. The lowest BCUT2D eigenvalue weighted by molar-refractivity contribution is 0.0777. The Morgan fingerprint density at radius 3 is 2.65 bits per heavy atom. The Labute approximate surface area is 201 Å². The number of imidazole rings is 1. The molecule has 1 N–H and O–H groups in total. The number of carbonyl (C=O) groups is 1. The molecule has 1 aromatic carbocycles. The van der Waals surface area contributed by atoms with E-state index in [1.54, 1.807) is 31.3 Å². The van der Waals surface area contributed by atoms with Crippen molar-refractivity contribution in [2.75, 3.05) is 20.2 Å². The van der Waals surface area contributed by atoms with E-state index in [4.69, 9.17) is 4.74 Å². The second kappa shape index (κ2) is 9.64. The van der Waals surface area contributed by atoms with Crippen molar-refractivity contribution in [1.29, 1.82) is 0 Å². The second-order valence-corrected chi connectivity index (χ2v) is 8.85. The number of hydrogen-bond donors (Lipinski definition) is 1. The topological polar surface area (TPSA) is 93.1 Å². The summed E-state index contributed by atoms with van der Waals surface area (Å²) >= 11 is 1.26. The number of methoxy groups -OCH3 is 1. The summed E-state index contributed by atoms with van der Waals surface area (Å²) in [5.74, 6) is 1.06. The highest BCUT2D eigenvalue weighted by atomic mass is 32.1. The number of aryl methyl sites for hydroxylation is 2. The highest BCUT2D eigenvalue weighted by Gasteiger charge is 2.22. The molecule has 4 rings (SSSR count). The van der Waals surface area contributed by atoms with E-state index < -0.39 is 0 Å². The summed E-state index contributed by atoms with van der Waals surface area (Å²) in [4.78, 5) is 40.2. The number of H-pyrrole nitrogens is 1. The summed E-state index contributed by atoms with van der Waals surface area (Å²) in [6, 6.07) is 5.82. The Morgan fingerprint density at radius 1 is 1.24 bits per heavy atom. The molecule has 0 aliphatic heterocycles. The largest absolute Gasteiger partial charge is 0.495 e. The van der Waals surface area contributed by atoms with E-state index >= 15 is 0 Å². The zero-order valence-corrected chi connectivity index (χ0v) is 20.7. The van der Waals surface area contributed by atoms with E-state index in [2.05, 4.69) is 15.0 Å². The number of benzene rings is 1. The number of ether oxygens (including phenoxy) is 1. The molecule has 8 nitrogen and oxygen atoms in total. The minimum absolute atomic E-state index is 0.0673. The third-order valence-corrected chi connectivity index (χ3v) is 6.86. The smallest absolute Gasteiger partial charge is 0.264 e. The van der Waals surface area contributed by atoms with Crippen LogP contribution in [0.2, 0.25) is 0 Å². The van der Waals surface area contributed by atoms with Gasteiger partial charge in [0.2, 0.25) is 0 Å². The molecule has 0 unspecified atom stereocenters. The third-order valence-electron chi connectivity index (χ3n) is 5.69. The molecule has 0 aliphatic rings. The van der Waals surface area contributed by atoms with Crippen LogP contribution >= 0.6 is 11.3 Å². The van der Waals surface area contributed by atoms with Crippen LogP contribution in [0.1, 0.15) is 46.2 Å². The third kappa shape index (κ3) is 4.38. The van der Waals surface area contributed by atoms with Gasteiger partial charge in [0.15, 0.2) is 0 Å². The van der Waals surface area contributed by atoms with Crippen molar-refractivity contribution in [3.63, 3.8) is 0 Å². The molecular formula is C25H27N5O3S. The summed E-state index contributed by atoms with van der Waals surface area (Å²) in [5, 5.41) is 0.472. The number of hydrogen-bond acceptors (Lipinski definition) is 6. The van der Waals surface area contributed by atoms with Crippen LogP contribution < -0.4 is 10.3 Å². The van der Waals surface area contributed by atoms with Crippen molar-refractivity contribution in [2.24, 2.45) is 0 Å². The molecule has 0 aliphatic carbocycles. The average molecular weight is 478 g/mol. The van der Waals surface area contributed by atoms with Crippen LogP contribution in [0, 0.1) is 13.8 Å². The molecule has 176 valence electrons. The first-order valence-electron chi connectivity index (χ1n) is 11.1. The SMILES string of the molecule is CCN(CC)C(=O)c1sc2nc(C=Cc3ccc(-n4cnc(C)c4)c(OC)c3)[nH]c(=O)c2c1C. The maximum absolute atomic E-state index is 12.9. The van der Waals surface area contributed by atoms with Crippen molar-refractivity contribution in [3.05, 3.63) is 68.6 Å². The van der Waals surface area contributed by atoms with E-state index in [1.165, 1.54) is 11.3 Å². The molecule has 0 atom stereocenters. The van der Waals surface area contributed by atoms with Gasteiger partial charge in [-0.2, -0.15) is 0 Å². The van der Waals surface area contributed by atoms with Gasteiger partial charge in [-0.1, -0.05) is 12.1 Å². The number of rotatable bonds is 7. The fourth-order valence-electron chi connectivity index (χ4n) is 3.84. The van der Waals surface area contributed by atoms with Gasteiger partial charge in [0.25, 0.3) is 11.5 Å². The van der Waals surface area contributed by atoms with E-state index in [-0.39, 0.29) is 11.5 Å². The summed E-state index contributed by atoms with van der Waals surface area (Å²) in [6.07, 6.45) is 7.28. The second-order valence-electron chi connectivity index (χ2n) is 7.85. The lowest BCUT2D eigenvalue weighted by atomic mass is 10.1. The Morgan fingerprint density at radius 2 is 2.00 bits per heavy atom. The Balaban J connectivity index is 1.66. The average Bonchev–Trinajstić information content (AvgIpc) is 3.41. The molecule has 0 fully saturated rings. The molecule has 0 saturated heterocycles. The maximum Gasteiger partial charge on any atom is 0.264 e. The molecule has 0 bridgehead atoms. The predicted octanol–water partition coefficient (Wildman–Crippen LogP) is 4.45. The fourth-order valence-corrected chi connectivity index (χ4v) is 4.99. The summed E-state index contributed by atoms with van der Waals surface area (Å²) in [6.45, 7) is 8.85. The highest BCUT2D eigenvalue weighted by Crippen LogP contribution is 2.29. The van der Waals surface area contributed by atoms with Crippen LogP contribution in [0.15, 0.2) is 35.5 Å². The van der Waals surface area contributed by atoms with E-state index in [1.807, 2.05) is 55.8 Å². The van der Waals surface area contributed by atoms with Gasteiger partial charge >= 0.3 is 0 Å². The number of nitrogens with one attached hydrogen (secondary N) is 1. The monoisotopic (exact) mass is 477 g/mol. The van der Waals surface area contributed by atoms with Crippen molar-refractivity contribution >= 4 is 39.6 Å². The Kier molecular flexibility index (Phi) is 6.65. The van der Waals surface area contributed by atoms with Gasteiger partial charge in [0.05, 0.1) is 35.1 Å². The van der Waals surface area contributed by atoms with Crippen molar-refractivity contribution in [3.8, 4) is 11.4 Å². The van der Waals surface area contributed by atoms with Gasteiger partial charge in [-0.15, -0.1) is 11.3 Å². The normalized spacial score (nSPS) is 11.4. The van der Waals surface area contributed by atoms with Gasteiger partial charge in [0, 0.05) is 19.3 Å². The molecule has 34 heavy (non-hydrogen) atoms. The van der Waals surface area contributed by atoms with Crippen molar-refractivity contribution < 1.29 is 9.53 Å². The summed E-state index contributed by atoms with van der Waals surface area (Å²) < 4.78 is 7.47. The van der Waals surface area contributed by atoms with Gasteiger partial charge in [-0.3, -0.25) is 9.59 Å². The molecular weight excluding hydrogens is 450 g/mol. The molecule has 1 amide bonds. The number of aromatic amines is 1. The zero-order chi connectivity index (χ0) is 24.4. The number of amides is 1.